The fourth-order valence-corrected chi connectivity index (χ4v) is 2.53. The Balaban J connectivity index is 3.67. The molecule has 0 aliphatic carbocycles. The van der Waals surface area contributed by atoms with Crippen molar-refractivity contribution in [3.8, 4) is 0 Å². The largest absolute Gasteiger partial charge is 0.465 e. The van der Waals surface area contributed by atoms with Gasteiger partial charge in [-0.1, -0.05) is 0 Å². The van der Waals surface area contributed by atoms with Gasteiger partial charge in [-0.3, -0.25) is 4.79 Å². The molecule has 1 rings (SSSR count). The van der Waals surface area contributed by atoms with Crippen molar-refractivity contribution >= 4 is 21.6 Å². The maximum absolute atomic E-state index is 11.6. The molecule has 0 aromatic heterocycles. The van der Waals surface area contributed by atoms with E-state index in [-0.39, 0.29) is 21.8 Å². The Morgan fingerprint density at radius 2 is 1.72 bits per heavy atom. The Kier molecular flexibility index (Phi) is 3.91. The first kappa shape index (κ1) is 14.4. The van der Waals surface area contributed by atoms with Crippen LogP contribution in [0, 0.1) is 6.92 Å². The van der Waals surface area contributed by atoms with Gasteiger partial charge in [-0.25, -0.2) is 13.2 Å². The molecule has 1 aromatic carbocycles. The van der Waals surface area contributed by atoms with Crippen LogP contribution in [0.3, 0.4) is 0 Å². The van der Waals surface area contributed by atoms with Crippen molar-refractivity contribution in [2.75, 3.05) is 13.4 Å². The van der Waals surface area contributed by atoms with Gasteiger partial charge in [0.1, 0.15) is 0 Å². The van der Waals surface area contributed by atoms with E-state index in [1.54, 1.807) is 6.92 Å². The summed E-state index contributed by atoms with van der Waals surface area (Å²) in [5.41, 5.74) is 0.727. The summed E-state index contributed by atoms with van der Waals surface area (Å²) in [5.74, 6) is -0.998. The number of carbonyl (C=O) groups is 2. The van der Waals surface area contributed by atoms with Crippen molar-refractivity contribution in [3.05, 3.63) is 28.8 Å². The third-order valence-electron chi connectivity index (χ3n) is 2.51. The number of sulfone groups is 1. The number of Topliss-reactive ketones (excluding diaryl/α,β-unsaturated/α-hetero) is 1. The summed E-state index contributed by atoms with van der Waals surface area (Å²) in [4.78, 5) is 22.8. The van der Waals surface area contributed by atoms with Crippen LogP contribution >= 0.6 is 0 Å². The number of aryl methyl sites for hydroxylation is 1. The van der Waals surface area contributed by atoms with E-state index in [0.717, 1.165) is 6.26 Å². The van der Waals surface area contributed by atoms with Gasteiger partial charge in [-0.15, -0.1) is 0 Å². The number of esters is 1. The van der Waals surface area contributed by atoms with Gasteiger partial charge in [-0.2, -0.15) is 0 Å². The minimum absolute atomic E-state index is 0.0858. The molecule has 0 unspecified atom stereocenters. The molecule has 0 spiro atoms. The standard InChI is InChI=1S/C12H14O5S/c1-7-5-10(8(2)13)11(18(4,15)16)6-9(7)12(14)17-3/h5-6H,1-4H3. The van der Waals surface area contributed by atoms with E-state index in [2.05, 4.69) is 4.74 Å². The predicted molar refractivity (Wildman–Crippen MR) is 65.6 cm³/mol. The van der Waals surface area contributed by atoms with Gasteiger partial charge in [0.15, 0.2) is 15.6 Å². The molecule has 0 radical (unpaired) electrons. The molecule has 0 aliphatic rings. The summed E-state index contributed by atoms with van der Waals surface area (Å²) in [6.45, 7) is 2.89. The van der Waals surface area contributed by atoms with Gasteiger partial charge in [0.2, 0.25) is 0 Å². The van der Waals surface area contributed by atoms with Crippen LogP contribution in [-0.4, -0.2) is 33.5 Å². The van der Waals surface area contributed by atoms with Crippen LogP contribution in [0.25, 0.3) is 0 Å². The van der Waals surface area contributed by atoms with Crippen molar-refractivity contribution in [3.63, 3.8) is 0 Å². The fraction of sp³-hybridized carbons (Fsp3) is 0.333. The van der Waals surface area contributed by atoms with Crippen molar-refractivity contribution < 1.29 is 22.7 Å². The minimum atomic E-state index is -3.59. The highest BCUT2D eigenvalue weighted by Gasteiger charge is 2.21. The lowest BCUT2D eigenvalue weighted by atomic mass is 10.0. The van der Waals surface area contributed by atoms with Gasteiger partial charge in [0.25, 0.3) is 0 Å². The van der Waals surface area contributed by atoms with Gasteiger partial charge in [0, 0.05) is 11.8 Å². The number of methoxy groups -OCH3 is 1. The average Bonchev–Trinajstić information content (AvgIpc) is 2.25. The number of ether oxygens (including phenoxy) is 1. The molecule has 0 amide bonds. The number of hydrogen-bond acceptors (Lipinski definition) is 5. The van der Waals surface area contributed by atoms with Gasteiger partial charge < -0.3 is 4.74 Å². The predicted octanol–water partition coefficient (Wildman–Crippen LogP) is 1.39. The van der Waals surface area contributed by atoms with Crippen LogP contribution in [0.5, 0.6) is 0 Å². The lowest BCUT2D eigenvalue weighted by molar-refractivity contribution is 0.0599. The number of hydrogen-bond donors (Lipinski definition) is 0. The normalized spacial score (nSPS) is 11.1. The third-order valence-corrected chi connectivity index (χ3v) is 3.65. The number of benzene rings is 1. The molecule has 0 saturated heterocycles. The lowest BCUT2D eigenvalue weighted by Crippen LogP contribution is -2.11. The first-order valence-corrected chi connectivity index (χ1v) is 7.01. The molecule has 98 valence electrons. The number of carbonyl (C=O) groups excluding carboxylic acids is 2. The molecule has 0 atom stereocenters. The maximum atomic E-state index is 11.6. The van der Waals surface area contributed by atoms with Gasteiger partial charge >= 0.3 is 5.97 Å². The minimum Gasteiger partial charge on any atom is -0.465 e. The van der Waals surface area contributed by atoms with Crippen LogP contribution in [-0.2, 0) is 14.6 Å². The quantitative estimate of drug-likeness (QED) is 0.612. The first-order valence-electron chi connectivity index (χ1n) is 5.12. The highest BCUT2D eigenvalue weighted by molar-refractivity contribution is 7.90. The highest BCUT2D eigenvalue weighted by Crippen LogP contribution is 2.22. The fourth-order valence-electron chi connectivity index (χ4n) is 1.60. The lowest BCUT2D eigenvalue weighted by Gasteiger charge is -2.10. The second-order valence-corrected chi connectivity index (χ2v) is 5.97. The zero-order valence-corrected chi connectivity index (χ0v) is 11.4. The summed E-state index contributed by atoms with van der Waals surface area (Å²) >= 11 is 0. The Morgan fingerprint density at radius 3 is 2.11 bits per heavy atom. The molecule has 6 heteroatoms. The van der Waals surface area contributed by atoms with E-state index in [0.29, 0.717) is 5.56 Å². The number of ketones is 1. The van der Waals surface area contributed by atoms with E-state index in [9.17, 15) is 18.0 Å². The molecule has 18 heavy (non-hydrogen) atoms. The molecule has 0 fully saturated rings. The number of rotatable bonds is 3. The Labute approximate surface area is 106 Å². The Morgan fingerprint density at radius 1 is 1.17 bits per heavy atom. The van der Waals surface area contributed by atoms with Crippen molar-refractivity contribution in [1.82, 2.24) is 0 Å². The van der Waals surface area contributed by atoms with Crippen LogP contribution < -0.4 is 0 Å². The van der Waals surface area contributed by atoms with E-state index in [1.165, 1.54) is 26.2 Å². The second-order valence-electron chi connectivity index (χ2n) is 3.98. The summed E-state index contributed by atoms with van der Waals surface area (Å²) in [7, 11) is -2.38. The molecule has 0 aliphatic heterocycles. The van der Waals surface area contributed by atoms with E-state index >= 15 is 0 Å². The Hall–Kier alpha value is -1.69. The zero-order chi connectivity index (χ0) is 14.1. The van der Waals surface area contributed by atoms with Crippen LogP contribution in [0.2, 0.25) is 0 Å². The molecule has 5 nitrogen and oxygen atoms in total. The summed E-state index contributed by atoms with van der Waals surface area (Å²) in [6, 6.07) is 2.58. The smallest absolute Gasteiger partial charge is 0.338 e. The van der Waals surface area contributed by atoms with Crippen molar-refractivity contribution in [2.24, 2.45) is 0 Å². The molecule has 0 bridgehead atoms. The van der Waals surface area contributed by atoms with Gasteiger partial charge in [0.05, 0.1) is 17.6 Å². The monoisotopic (exact) mass is 270 g/mol. The second kappa shape index (κ2) is 4.89. The summed E-state index contributed by atoms with van der Waals surface area (Å²) < 4.78 is 27.8. The first-order chi connectivity index (χ1) is 8.18. The van der Waals surface area contributed by atoms with E-state index < -0.39 is 15.8 Å². The SMILES string of the molecule is COC(=O)c1cc(S(C)(=O)=O)c(C(C)=O)cc1C. The molecular formula is C12H14O5S. The maximum Gasteiger partial charge on any atom is 0.338 e. The molecule has 0 N–H and O–H groups in total. The molecular weight excluding hydrogens is 256 g/mol. The van der Waals surface area contributed by atoms with Crippen LogP contribution in [0.1, 0.15) is 33.2 Å². The molecule has 0 heterocycles. The summed E-state index contributed by atoms with van der Waals surface area (Å²) in [5, 5.41) is 0. The topological polar surface area (TPSA) is 77.5 Å². The summed E-state index contributed by atoms with van der Waals surface area (Å²) in [6.07, 6.45) is 0.991. The Bertz CT molecular complexity index is 614. The van der Waals surface area contributed by atoms with Crippen LogP contribution in [0.15, 0.2) is 17.0 Å². The van der Waals surface area contributed by atoms with Crippen molar-refractivity contribution in [1.29, 1.82) is 0 Å². The third kappa shape index (κ3) is 2.76. The molecule has 1 aromatic rings. The van der Waals surface area contributed by atoms with Crippen LogP contribution in [0.4, 0.5) is 0 Å². The van der Waals surface area contributed by atoms with Crippen molar-refractivity contribution in [2.45, 2.75) is 18.7 Å². The highest BCUT2D eigenvalue weighted by atomic mass is 32.2. The van der Waals surface area contributed by atoms with E-state index in [1.807, 2.05) is 0 Å². The molecule has 0 saturated carbocycles. The van der Waals surface area contributed by atoms with E-state index in [4.69, 9.17) is 0 Å². The average molecular weight is 270 g/mol. The zero-order valence-electron chi connectivity index (χ0n) is 10.6. The van der Waals surface area contributed by atoms with Gasteiger partial charge in [-0.05, 0) is 31.5 Å².